The fourth-order valence-corrected chi connectivity index (χ4v) is 1.50. The summed E-state index contributed by atoms with van der Waals surface area (Å²) in [5.74, 6) is 0. The van der Waals surface area contributed by atoms with Crippen molar-refractivity contribution < 1.29 is 14.9 Å². The van der Waals surface area contributed by atoms with Gasteiger partial charge < -0.3 is 14.9 Å². The molecule has 84 valence electrons. The average Bonchev–Trinajstić information content (AvgIpc) is 2.69. The van der Waals surface area contributed by atoms with E-state index in [1.807, 2.05) is 0 Å². The summed E-state index contributed by atoms with van der Waals surface area (Å²) in [5.41, 5.74) is -0.524. The van der Waals surface area contributed by atoms with E-state index in [-0.39, 0.29) is 6.04 Å². The third-order valence-electron chi connectivity index (χ3n) is 2.50. The summed E-state index contributed by atoms with van der Waals surface area (Å²) in [4.78, 5) is 0. The second kappa shape index (κ2) is 3.55. The molecule has 0 saturated carbocycles. The van der Waals surface area contributed by atoms with Gasteiger partial charge in [-0.05, 0) is 13.8 Å². The van der Waals surface area contributed by atoms with Gasteiger partial charge in [0.05, 0.1) is 19.4 Å². The van der Waals surface area contributed by atoms with Gasteiger partial charge >= 0.3 is 0 Å². The number of aliphatic hydroxyl groups is 2. The first-order valence-corrected chi connectivity index (χ1v) is 4.89. The van der Waals surface area contributed by atoms with Crippen LogP contribution in [0.1, 0.15) is 25.6 Å². The van der Waals surface area contributed by atoms with Crippen LogP contribution in [0.2, 0.25) is 0 Å². The van der Waals surface area contributed by atoms with Crippen LogP contribution in [0.5, 0.6) is 0 Å². The van der Waals surface area contributed by atoms with Crippen molar-refractivity contribution in [1.29, 1.82) is 0 Å². The summed E-state index contributed by atoms with van der Waals surface area (Å²) in [6, 6.07) is -0.200. The normalized spacial score (nSPS) is 27.2. The van der Waals surface area contributed by atoms with E-state index in [1.165, 1.54) is 0 Å². The number of ether oxygens (including phenoxy) is 1. The van der Waals surface area contributed by atoms with E-state index in [0.29, 0.717) is 18.9 Å². The van der Waals surface area contributed by atoms with E-state index in [1.54, 1.807) is 24.7 Å². The summed E-state index contributed by atoms with van der Waals surface area (Å²) < 4.78 is 6.66. The number of rotatable bonds is 2. The zero-order valence-corrected chi connectivity index (χ0v) is 8.79. The molecule has 6 nitrogen and oxygen atoms in total. The van der Waals surface area contributed by atoms with Crippen molar-refractivity contribution in [3.63, 3.8) is 0 Å². The van der Waals surface area contributed by atoms with Gasteiger partial charge in [0.1, 0.15) is 23.4 Å². The Balaban J connectivity index is 2.20. The maximum Gasteiger partial charge on any atom is 0.114 e. The minimum atomic E-state index is -1.01. The van der Waals surface area contributed by atoms with Crippen LogP contribution in [0.4, 0.5) is 0 Å². The number of hydrogen-bond donors (Lipinski definition) is 2. The highest BCUT2D eigenvalue weighted by Crippen LogP contribution is 2.21. The fourth-order valence-electron chi connectivity index (χ4n) is 1.50. The molecule has 0 amide bonds. The van der Waals surface area contributed by atoms with Crippen LogP contribution >= 0.6 is 0 Å². The Bertz CT molecular complexity index is 345. The monoisotopic (exact) mass is 213 g/mol. The summed E-state index contributed by atoms with van der Waals surface area (Å²) >= 11 is 0. The molecular weight excluding hydrogens is 198 g/mol. The van der Waals surface area contributed by atoms with Gasteiger partial charge in [-0.3, -0.25) is 0 Å². The Labute approximate surface area is 87.5 Å². The molecule has 0 aliphatic carbocycles. The van der Waals surface area contributed by atoms with Gasteiger partial charge in [0, 0.05) is 0 Å². The fraction of sp³-hybridized carbons (Fsp3) is 0.778. The molecule has 2 rings (SSSR count). The Hall–Kier alpha value is -0.980. The largest absolute Gasteiger partial charge is 0.388 e. The number of hydrogen-bond acceptors (Lipinski definition) is 5. The predicted octanol–water partition coefficient (Wildman–Crippen LogP) is -0.562. The summed E-state index contributed by atoms with van der Waals surface area (Å²) in [7, 11) is 0. The van der Waals surface area contributed by atoms with Crippen LogP contribution in [0, 0.1) is 0 Å². The first-order chi connectivity index (χ1) is 6.98. The van der Waals surface area contributed by atoms with Crippen LogP contribution in [0.25, 0.3) is 0 Å². The molecule has 1 aliphatic rings. The smallest absolute Gasteiger partial charge is 0.114 e. The first kappa shape index (κ1) is 10.5. The zero-order valence-electron chi connectivity index (χ0n) is 8.79. The SMILES string of the molecule is CC(C)(O)c1cn([C@@H]2COC[C@H]2O)nn1. The molecule has 6 heteroatoms. The highest BCUT2D eigenvalue weighted by atomic mass is 16.5. The van der Waals surface area contributed by atoms with Gasteiger partial charge in [0.15, 0.2) is 0 Å². The van der Waals surface area contributed by atoms with Gasteiger partial charge in [0.25, 0.3) is 0 Å². The van der Waals surface area contributed by atoms with Crippen molar-refractivity contribution in [2.24, 2.45) is 0 Å². The lowest BCUT2D eigenvalue weighted by molar-refractivity contribution is 0.0736. The maximum absolute atomic E-state index is 9.70. The molecule has 15 heavy (non-hydrogen) atoms. The van der Waals surface area contributed by atoms with Gasteiger partial charge in [-0.25, -0.2) is 4.68 Å². The number of nitrogens with zero attached hydrogens (tertiary/aromatic N) is 3. The Morgan fingerprint density at radius 2 is 2.27 bits per heavy atom. The molecule has 1 aromatic rings. The van der Waals surface area contributed by atoms with E-state index in [2.05, 4.69) is 10.3 Å². The topological polar surface area (TPSA) is 80.4 Å². The minimum absolute atomic E-state index is 0.200. The standard InChI is InChI=1S/C9H15N3O3/c1-9(2,14)8-3-12(11-10-8)6-4-15-5-7(6)13/h3,6-7,13-14H,4-5H2,1-2H3/t6-,7-/m1/s1. The van der Waals surface area contributed by atoms with E-state index in [4.69, 9.17) is 4.74 Å². The van der Waals surface area contributed by atoms with Crippen molar-refractivity contribution in [1.82, 2.24) is 15.0 Å². The number of aliphatic hydroxyl groups excluding tert-OH is 1. The molecule has 0 spiro atoms. The zero-order chi connectivity index (χ0) is 11.1. The third kappa shape index (κ3) is 2.01. The first-order valence-electron chi connectivity index (χ1n) is 4.89. The lowest BCUT2D eigenvalue weighted by Gasteiger charge is -2.13. The van der Waals surface area contributed by atoms with Crippen molar-refractivity contribution in [2.75, 3.05) is 13.2 Å². The molecule has 0 aromatic carbocycles. The number of aromatic nitrogens is 3. The van der Waals surface area contributed by atoms with Gasteiger partial charge in [-0.15, -0.1) is 5.10 Å². The molecule has 0 bridgehead atoms. The van der Waals surface area contributed by atoms with Crippen LogP contribution in [0.15, 0.2) is 6.20 Å². The second-order valence-electron chi connectivity index (χ2n) is 4.31. The lowest BCUT2D eigenvalue weighted by Crippen LogP contribution is -2.22. The predicted molar refractivity (Wildman–Crippen MR) is 51.1 cm³/mol. The van der Waals surface area contributed by atoms with Gasteiger partial charge in [-0.1, -0.05) is 5.21 Å². The van der Waals surface area contributed by atoms with E-state index in [0.717, 1.165) is 0 Å². The Morgan fingerprint density at radius 1 is 1.53 bits per heavy atom. The van der Waals surface area contributed by atoms with Gasteiger partial charge in [0.2, 0.25) is 0 Å². The highest BCUT2D eigenvalue weighted by molar-refractivity contribution is 5.04. The molecule has 1 fully saturated rings. The molecule has 1 aromatic heterocycles. The average molecular weight is 213 g/mol. The summed E-state index contributed by atoms with van der Waals surface area (Å²) in [6.07, 6.45) is 1.09. The van der Waals surface area contributed by atoms with Gasteiger partial charge in [-0.2, -0.15) is 0 Å². The van der Waals surface area contributed by atoms with Crippen molar-refractivity contribution in [2.45, 2.75) is 31.6 Å². The van der Waals surface area contributed by atoms with Crippen LogP contribution in [-0.4, -0.2) is 44.5 Å². The highest BCUT2D eigenvalue weighted by Gasteiger charge is 2.30. The molecule has 2 heterocycles. The van der Waals surface area contributed by atoms with Crippen LogP contribution < -0.4 is 0 Å². The molecule has 1 saturated heterocycles. The lowest BCUT2D eigenvalue weighted by atomic mass is 10.1. The summed E-state index contributed by atoms with van der Waals surface area (Å²) in [6.45, 7) is 4.03. The minimum Gasteiger partial charge on any atom is -0.388 e. The van der Waals surface area contributed by atoms with E-state index < -0.39 is 11.7 Å². The van der Waals surface area contributed by atoms with Crippen molar-refractivity contribution in [3.05, 3.63) is 11.9 Å². The van der Waals surface area contributed by atoms with Crippen molar-refractivity contribution >= 4 is 0 Å². The molecule has 0 unspecified atom stereocenters. The van der Waals surface area contributed by atoms with Crippen LogP contribution in [0.3, 0.4) is 0 Å². The Kier molecular flexibility index (Phi) is 2.49. The molecule has 2 N–H and O–H groups in total. The van der Waals surface area contributed by atoms with Crippen molar-refractivity contribution in [3.8, 4) is 0 Å². The quantitative estimate of drug-likeness (QED) is 0.688. The summed E-state index contributed by atoms with van der Waals surface area (Å²) in [5, 5.41) is 27.0. The molecule has 0 radical (unpaired) electrons. The van der Waals surface area contributed by atoms with Crippen LogP contribution in [-0.2, 0) is 10.3 Å². The molecular formula is C9H15N3O3. The molecule has 1 aliphatic heterocycles. The van der Waals surface area contributed by atoms with E-state index in [9.17, 15) is 10.2 Å². The third-order valence-corrected chi connectivity index (χ3v) is 2.50. The Morgan fingerprint density at radius 3 is 2.73 bits per heavy atom. The maximum atomic E-state index is 9.70. The second-order valence-corrected chi connectivity index (χ2v) is 4.31. The van der Waals surface area contributed by atoms with E-state index >= 15 is 0 Å². The molecule has 2 atom stereocenters.